The number of hydrogen-bond donors (Lipinski definition) is 3. The Balaban J connectivity index is 1.10. The topological polar surface area (TPSA) is 147 Å². The van der Waals surface area contributed by atoms with E-state index in [9.17, 15) is 24.3 Å². The Bertz CT molecular complexity index is 2320. The Morgan fingerprint density at radius 2 is 1.72 bits per heavy atom. The highest BCUT2D eigenvalue weighted by Crippen LogP contribution is 2.32. The maximum Gasteiger partial charge on any atom is 0.334 e. The number of amides is 5. The molecule has 3 saturated heterocycles. The van der Waals surface area contributed by atoms with E-state index in [-0.39, 0.29) is 62.6 Å². The third-order valence-corrected chi connectivity index (χ3v) is 11.2. The van der Waals surface area contributed by atoms with Crippen molar-refractivity contribution in [2.75, 3.05) is 42.9 Å². The van der Waals surface area contributed by atoms with Crippen molar-refractivity contribution in [1.29, 1.82) is 0 Å². The van der Waals surface area contributed by atoms with Crippen molar-refractivity contribution in [1.82, 2.24) is 34.7 Å². The van der Waals surface area contributed by atoms with Crippen molar-refractivity contribution in [3.05, 3.63) is 132 Å². The van der Waals surface area contributed by atoms with Crippen molar-refractivity contribution in [2.24, 2.45) is 7.05 Å². The van der Waals surface area contributed by atoms with Gasteiger partial charge in [-0.2, -0.15) is 0 Å². The number of carbonyl (C=O) groups excluding carboxylic acids is 4. The first-order valence-electron chi connectivity index (χ1n) is 19.6. The molecule has 0 radical (unpaired) electrons. The van der Waals surface area contributed by atoms with Crippen LogP contribution in [0.15, 0.2) is 110 Å². The van der Waals surface area contributed by atoms with Crippen LogP contribution in [0.3, 0.4) is 0 Å². The number of carbonyl (C=O) groups is 4. The maximum atomic E-state index is 14.7. The van der Waals surface area contributed by atoms with Gasteiger partial charge in [0.05, 0.1) is 36.1 Å². The SMILES string of the molecule is C=CCN1CC(=O)N2[C@@H](Cc3ccc(O)cc3)C(=O)N(Cc3cccc4c(C(=O)Nc5ccc(N6CCCC6)nc5)cn(C)c34)C[C@@H]2N1C(=O)NCc1ccccc1. The number of para-hydroxylation sites is 1. The molecule has 5 aromatic rings. The zero-order chi connectivity index (χ0) is 40.3. The van der Waals surface area contributed by atoms with E-state index in [2.05, 4.69) is 27.1 Å². The van der Waals surface area contributed by atoms with Crippen molar-refractivity contribution >= 4 is 46.2 Å². The molecule has 5 amide bonds. The first-order chi connectivity index (χ1) is 28.2. The van der Waals surface area contributed by atoms with Gasteiger partial charge in [0, 0.05) is 57.8 Å². The van der Waals surface area contributed by atoms with Crippen LogP contribution in [-0.4, -0.2) is 103 Å². The number of pyridine rings is 1. The minimum atomic E-state index is -0.939. The number of benzene rings is 3. The Morgan fingerprint density at radius 3 is 2.45 bits per heavy atom. The summed E-state index contributed by atoms with van der Waals surface area (Å²) in [5.74, 6) is 0.153. The Labute approximate surface area is 336 Å². The minimum absolute atomic E-state index is 0.0393. The lowest BCUT2D eigenvalue weighted by Gasteiger charge is -2.55. The van der Waals surface area contributed by atoms with Crippen LogP contribution in [0.1, 0.15) is 39.9 Å². The monoisotopic (exact) mass is 781 g/mol. The van der Waals surface area contributed by atoms with Gasteiger partial charge in [-0.25, -0.2) is 19.8 Å². The van der Waals surface area contributed by atoms with E-state index in [0.717, 1.165) is 59.3 Å². The van der Waals surface area contributed by atoms with Gasteiger partial charge in [0.25, 0.3) is 5.91 Å². The van der Waals surface area contributed by atoms with Gasteiger partial charge in [0.2, 0.25) is 11.8 Å². The van der Waals surface area contributed by atoms with E-state index in [1.807, 2.05) is 72.3 Å². The number of anilines is 2. The summed E-state index contributed by atoms with van der Waals surface area (Å²) in [4.78, 5) is 66.8. The lowest BCUT2D eigenvalue weighted by atomic mass is 9.98. The number of nitrogens with zero attached hydrogens (tertiary/aromatic N) is 7. The Kier molecular flexibility index (Phi) is 10.8. The summed E-state index contributed by atoms with van der Waals surface area (Å²) in [6, 6.07) is 24.3. The molecule has 5 heterocycles. The molecule has 0 aliphatic carbocycles. The highest BCUT2D eigenvalue weighted by Gasteiger charge is 2.51. The molecule has 3 aromatic carbocycles. The summed E-state index contributed by atoms with van der Waals surface area (Å²) >= 11 is 0. The number of aryl methyl sites for hydroxylation is 1. The molecule has 0 bridgehead atoms. The van der Waals surface area contributed by atoms with E-state index >= 15 is 0 Å². The third-order valence-electron chi connectivity index (χ3n) is 11.2. The lowest BCUT2D eigenvalue weighted by molar-refractivity contribution is -0.189. The molecule has 14 heteroatoms. The number of rotatable bonds is 11. The number of phenolic OH excluding ortho intramolecular Hbond substituents is 1. The maximum absolute atomic E-state index is 14.7. The van der Waals surface area contributed by atoms with Gasteiger partial charge < -0.3 is 35.0 Å². The fourth-order valence-corrected chi connectivity index (χ4v) is 8.41. The van der Waals surface area contributed by atoms with E-state index in [1.165, 1.54) is 0 Å². The lowest BCUT2D eigenvalue weighted by Crippen LogP contribution is -2.76. The average Bonchev–Trinajstić information content (AvgIpc) is 3.89. The van der Waals surface area contributed by atoms with Crippen LogP contribution in [0, 0.1) is 0 Å². The van der Waals surface area contributed by atoms with Crippen LogP contribution in [-0.2, 0) is 36.1 Å². The number of aromatic hydroxyl groups is 1. The summed E-state index contributed by atoms with van der Waals surface area (Å²) < 4.78 is 1.89. The van der Waals surface area contributed by atoms with Crippen LogP contribution in [0.4, 0.5) is 16.3 Å². The predicted octanol–water partition coefficient (Wildman–Crippen LogP) is 4.87. The van der Waals surface area contributed by atoms with Crippen LogP contribution in [0.2, 0.25) is 0 Å². The largest absolute Gasteiger partial charge is 0.508 e. The quantitative estimate of drug-likeness (QED) is 0.161. The van der Waals surface area contributed by atoms with Crippen molar-refractivity contribution in [3.63, 3.8) is 0 Å². The van der Waals surface area contributed by atoms with Gasteiger partial charge in [-0.3, -0.25) is 14.4 Å². The number of phenols is 1. The second kappa shape index (κ2) is 16.4. The van der Waals surface area contributed by atoms with E-state index < -0.39 is 18.2 Å². The predicted molar refractivity (Wildman–Crippen MR) is 220 cm³/mol. The van der Waals surface area contributed by atoms with Crippen molar-refractivity contribution in [3.8, 4) is 5.75 Å². The molecule has 2 aromatic heterocycles. The Morgan fingerprint density at radius 1 is 0.948 bits per heavy atom. The van der Waals surface area contributed by atoms with Crippen molar-refractivity contribution in [2.45, 2.75) is 44.6 Å². The summed E-state index contributed by atoms with van der Waals surface area (Å²) in [5.41, 5.74) is 4.31. The molecule has 0 spiro atoms. The summed E-state index contributed by atoms with van der Waals surface area (Å²) in [7, 11) is 1.87. The molecule has 14 nitrogen and oxygen atoms in total. The highest BCUT2D eigenvalue weighted by atomic mass is 16.3. The van der Waals surface area contributed by atoms with Crippen LogP contribution in [0.5, 0.6) is 5.75 Å². The fraction of sp³-hybridized carbons (Fsp3) is 0.295. The fourth-order valence-electron chi connectivity index (χ4n) is 8.41. The third kappa shape index (κ3) is 7.70. The van der Waals surface area contributed by atoms with E-state index in [4.69, 9.17) is 0 Å². The number of piperazine rings is 1. The van der Waals surface area contributed by atoms with Gasteiger partial charge in [-0.05, 0) is 53.8 Å². The molecule has 3 N–H and O–H groups in total. The van der Waals surface area contributed by atoms with Gasteiger partial charge in [-0.1, -0.05) is 66.7 Å². The van der Waals surface area contributed by atoms with Gasteiger partial charge in [0.15, 0.2) is 0 Å². The zero-order valence-electron chi connectivity index (χ0n) is 32.5. The van der Waals surface area contributed by atoms with Crippen LogP contribution in [0.25, 0.3) is 10.9 Å². The molecule has 58 heavy (non-hydrogen) atoms. The van der Waals surface area contributed by atoms with E-state index in [0.29, 0.717) is 11.3 Å². The van der Waals surface area contributed by atoms with Gasteiger partial charge >= 0.3 is 6.03 Å². The molecule has 8 rings (SSSR count). The smallest absolute Gasteiger partial charge is 0.334 e. The van der Waals surface area contributed by atoms with E-state index in [1.54, 1.807) is 62.6 Å². The van der Waals surface area contributed by atoms with Gasteiger partial charge in [0.1, 0.15) is 23.8 Å². The number of hydrazine groups is 1. The standard InChI is InChI=1S/C44H47N9O5/c1-3-20-51-29-40(55)52-37(23-30-14-17-34(54)18-15-30)43(57)50(28-39(52)53(51)44(58)46-24-31-10-5-4-6-11-31)26-32-12-9-13-35-36(27-48(2)41(32)35)42(56)47-33-16-19-38(45-25-33)49-21-7-8-22-49/h3-6,9-19,25,27,37,39,54H,1,7-8,20-24,26,28-29H2,2H3,(H,46,58)(H,47,56)/t37-,39-/m0/s1. The van der Waals surface area contributed by atoms with Gasteiger partial charge in [-0.15, -0.1) is 6.58 Å². The van der Waals surface area contributed by atoms with Crippen LogP contribution >= 0.6 is 0 Å². The molecular weight excluding hydrogens is 735 g/mol. The first-order valence-corrected chi connectivity index (χ1v) is 19.6. The summed E-state index contributed by atoms with van der Waals surface area (Å²) in [6.45, 7) is 6.41. The number of hydrogen-bond acceptors (Lipinski definition) is 8. The molecule has 3 aliphatic heterocycles. The molecule has 298 valence electrons. The van der Waals surface area contributed by atoms with Crippen molar-refractivity contribution < 1.29 is 24.3 Å². The average molecular weight is 782 g/mol. The number of nitrogens with one attached hydrogen (secondary N) is 2. The summed E-state index contributed by atoms with van der Waals surface area (Å²) in [6.07, 6.45) is 6.74. The number of fused-ring (bicyclic) bond motifs is 2. The second-order valence-electron chi connectivity index (χ2n) is 15.0. The highest BCUT2D eigenvalue weighted by molar-refractivity contribution is 6.13. The zero-order valence-corrected chi connectivity index (χ0v) is 32.5. The Hall–Kier alpha value is -6.67. The second-order valence-corrected chi connectivity index (χ2v) is 15.0. The molecular formula is C44H47N9O5. The molecule has 3 fully saturated rings. The first kappa shape index (κ1) is 38.2. The molecule has 0 saturated carbocycles. The number of urea groups is 1. The number of aromatic nitrogens is 2. The normalized spacial score (nSPS) is 18.4. The minimum Gasteiger partial charge on any atom is -0.508 e. The summed E-state index contributed by atoms with van der Waals surface area (Å²) in [5, 5.41) is 20.0. The van der Waals surface area contributed by atoms with Crippen LogP contribution < -0.4 is 15.5 Å². The molecule has 0 unspecified atom stereocenters. The molecule has 2 atom stereocenters. The molecule has 3 aliphatic rings.